The molecular weight excluding hydrogens is 404 g/mol. The normalized spacial score (nSPS) is 12.4. The van der Waals surface area contributed by atoms with E-state index < -0.39 is 22.0 Å². The number of hydroxylamine groups is 1. The molecule has 0 aromatic heterocycles. The molecule has 3 rings (SSSR count). The largest absolute Gasteiger partial charge is 0.497 e. The van der Waals surface area contributed by atoms with E-state index in [4.69, 9.17) is 4.74 Å². The number of hydrogen-bond acceptors (Lipinski definition) is 5. The molecule has 1 unspecified atom stereocenters. The van der Waals surface area contributed by atoms with Gasteiger partial charge in [-0.2, -0.15) is 4.31 Å². The molecular formula is C22H22N2O5S. The predicted molar refractivity (Wildman–Crippen MR) is 111 cm³/mol. The van der Waals surface area contributed by atoms with Crippen molar-refractivity contribution in [1.82, 2.24) is 9.79 Å². The summed E-state index contributed by atoms with van der Waals surface area (Å²) in [7, 11) is -2.63. The minimum atomic E-state index is -4.12. The van der Waals surface area contributed by atoms with Crippen molar-refractivity contribution in [2.45, 2.75) is 17.5 Å². The molecule has 0 aliphatic rings. The van der Waals surface area contributed by atoms with Gasteiger partial charge < -0.3 is 4.74 Å². The number of hydrogen-bond donors (Lipinski definition) is 2. The van der Waals surface area contributed by atoms with Crippen molar-refractivity contribution in [2.24, 2.45) is 0 Å². The van der Waals surface area contributed by atoms with Gasteiger partial charge in [0.1, 0.15) is 11.8 Å². The van der Waals surface area contributed by atoms with Crippen molar-refractivity contribution in [3.05, 3.63) is 96.1 Å². The van der Waals surface area contributed by atoms with Crippen molar-refractivity contribution >= 4 is 15.9 Å². The molecule has 1 amide bonds. The third-order valence-electron chi connectivity index (χ3n) is 4.61. The van der Waals surface area contributed by atoms with E-state index in [0.29, 0.717) is 16.9 Å². The van der Waals surface area contributed by atoms with Crippen LogP contribution in [0.4, 0.5) is 0 Å². The molecule has 0 saturated carbocycles. The van der Waals surface area contributed by atoms with Crippen LogP contribution in [0.3, 0.4) is 0 Å². The van der Waals surface area contributed by atoms with E-state index in [-0.39, 0.29) is 11.4 Å². The summed E-state index contributed by atoms with van der Waals surface area (Å²) in [4.78, 5) is 12.6. The van der Waals surface area contributed by atoms with Crippen LogP contribution in [0.1, 0.15) is 17.2 Å². The van der Waals surface area contributed by atoms with Crippen LogP contribution < -0.4 is 10.2 Å². The average molecular weight is 426 g/mol. The molecule has 30 heavy (non-hydrogen) atoms. The first-order chi connectivity index (χ1) is 14.5. The molecule has 0 radical (unpaired) electrons. The average Bonchev–Trinajstić information content (AvgIpc) is 2.80. The molecule has 0 fully saturated rings. The molecule has 1 atom stereocenters. The van der Waals surface area contributed by atoms with Gasteiger partial charge in [0.15, 0.2) is 0 Å². The summed E-state index contributed by atoms with van der Waals surface area (Å²) < 4.78 is 33.4. The van der Waals surface area contributed by atoms with Crippen molar-refractivity contribution in [1.29, 1.82) is 0 Å². The fraction of sp³-hybridized carbons (Fsp3) is 0.136. The third kappa shape index (κ3) is 4.68. The van der Waals surface area contributed by atoms with E-state index in [9.17, 15) is 18.4 Å². The molecule has 7 nitrogen and oxygen atoms in total. The Morgan fingerprint density at radius 3 is 2.07 bits per heavy atom. The first-order valence-corrected chi connectivity index (χ1v) is 10.6. The molecule has 0 heterocycles. The monoisotopic (exact) mass is 426 g/mol. The molecule has 0 aliphatic heterocycles. The summed E-state index contributed by atoms with van der Waals surface area (Å²) >= 11 is 0. The molecule has 0 saturated heterocycles. The Hall–Kier alpha value is -3.20. The maximum absolute atomic E-state index is 13.6. The summed E-state index contributed by atoms with van der Waals surface area (Å²) in [5.41, 5.74) is 2.73. The Morgan fingerprint density at radius 1 is 0.967 bits per heavy atom. The zero-order chi connectivity index (χ0) is 21.6. The van der Waals surface area contributed by atoms with Crippen molar-refractivity contribution in [3.63, 3.8) is 0 Å². The molecule has 2 N–H and O–H groups in total. The minimum Gasteiger partial charge on any atom is -0.497 e. The van der Waals surface area contributed by atoms with Crippen LogP contribution in [0.25, 0.3) is 0 Å². The molecule has 156 valence electrons. The number of carbonyl (C=O) groups excluding carboxylic acids is 1. The van der Waals surface area contributed by atoms with Gasteiger partial charge in [-0.15, -0.1) is 0 Å². The van der Waals surface area contributed by atoms with E-state index in [0.717, 1.165) is 4.31 Å². The lowest BCUT2D eigenvalue weighted by Crippen LogP contribution is -2.42. The number of ether oxygens (including phenoxy) is 1. The second-order valence-electron chi connectivity index (χ2n) is 6.50. The van der Waals surface area contributed by atoms with Crippen molar-refractivity contribution in [3.8, 4) is 5.75 Å². The fourth-order valence-corrected chi connectivity index (χ4v) is 4.67. The second kappa shape index (κ2) is 9.53. The highest BCUT2D eigenvalue weighted by atomic mass is 32.2. The molecule has 0 bridgehead atoms. The lowest BCUT2D eigenvalue weighted by molar-refractivity contribution is -0.133. The first-order valence-electron chi connectivity index (χ1n) is 9.16. The number of amides is 1. The van der Waals surface area contributed by atoms with E-state index in [2.05, 4.69) is 0 Å². The van der Waals surface area contributed by atoms with Crippen LogP contribution >= 0.6 is 0 Å². The van der Waals surface area contributed by atoms with E-state index in [1.54, 1.807) is 60.1 Å². The number of sulfonamides is 1. The standard InChI is InChI=1S/C22H22N2O5S/c1-29-19-12-14-20(15-13-19)30(27,28)24(16-17-8-4-2-5-9-17)21(22(25)23-26)18-10-6-3-7-11-18/h2-15,21,26H,16H2,1H3,(H,23,25). The molecule has 3 aromatic carbocycles. The number of methoxy groups -OCH3 is 1. The van der Waals surface area contributed by atoms with Crippen LogP contribution in [-0.2, 0) is 21.4 Å². The van der Waals surface area contributed by atoms with Gasteiger partial charge >= 0.3 is 0 Å². The molecule has 0 aliphatic carbocycles. The van der Waals surface area contributed by atoms with Crippen molar-refractivity contribution < 1.29 is 23.2 Å². The molecule has 3 aromatic rings. The fourth-order valence-electron chi connectivity index (χ4n) is 3.11. The zero-order valence-electron chi connectivity index (χ0n) is 16.3. The maximum Gasteiger partial charge on any atom is 0.266 e. The van der Waals surface area contributed by atoms with Gasteiger partial charge in [-0.1, -0.05) is 60.7 Å². The third-order valence-corrected chi connectivity index (χ3v) is 6.43. The van der Waals surface area contributed by atoms with Gasteiger partial charge in [-0.05, 0) is 35.4 Å². The van der Waals surface area contributed by atoms with Gasteiger partial charge in [0, 0.05) is 6.54 Å². The summed E-state index contributed by atoms with van der Waals surface area (Å²) in [5.74, 6) is -0.342. The number of rotatable bonds is 8. The van der Waals surface area contributed by atoms with E-state index in [1.165, 1.54) is 31.4 Å². The van der Waals surface area contributed by atoms with Crippen molar-refractivity contribution in [2.75, 3.05) is 7.11 Å². The lowest BCUT2D eigenvalue weighted by Gasteiger charge is -2.30. The Morgan fingerprint density at radius 2 is 1.53 bits per heavy atom. The smallest absolute Gasteiger partial charge is 0.266 e. The van der Waals surface area contributed by atoms with Gasteiger partial charge in [0.05, 0.1) is 12.0 Å². The zero-order valence-corrected chi connectivity index (χ0v) is 17.1. The number of nitrogens with zero attached hydrogens (tertiary/aromatic N) is 1. The predicted octanol–water partition coefficient (Wildman–Crippen LogP) is 3.13. The lowest BCUT2D eigenvalue weighted by atomic mass is 10.1. The SMILES string of the molecule is COc1ccc(S(=O)(=O)N(Cc2ccccc2)C(C(=O)NO)c2ccccc2)cc1. The highest BCUT2D eigenvalue weighted by Gasteiger charge is 2.37. The summed E-state index contributed by atoms with van der Waals surface area (Å²) in [6.45, 7) is -0.0673. The van der Waals surface area contributed by atoms with Gasteiger partial charge in [-0.3, -0.25) is 10.0 Å². The van der Waals surface area contributed by atoms with Crippen LogP contribution in [-0.4, -0.2) is 30.9 Å². The highest BCUT2D eigenvalue weighted by Crippen LogP contribution is 2.31. The second-order valence-corrected chi connectivity index (χ2v) is 8.39. The Kier molecular flexibility index (Phi) is 6.83. The summed E-state index contributed by atoms with van der Waals surface area (Å²) in [6.07, 6.45) is 0. The maximum atomic E-state index is 13.6. The Bertz CT molecular complexity index is 1070. The van der Waals surface area contributed by atoms with E-state index >= 15 is 0 Å². The number of carbonyl (C=O) groups is 1. The van der Waals surface area contributed by atoms with Gasteiger partial charge in [0.2, 0.25) is 10.0 Å². The van der Waals surface area contributed by atoms with Crippen LogP contribution in [0.5, 0.6) is 5.75 Å². The number of nitrogens with one attached hydrogen (secondary N) is 1. The summed E-state index contributed by atoms with van der Waals surface area (Å²) in [6, 6.07) is 22.0. The van der Waals surface area contributed by atoms with Crippen LogP contribution in [0.15, 0.2) is 89.8 Å². The Labute approximate surface area is 175 Å². The quantitative estimate of drug-likeness (QED) is 0.426. The van der Waals surface area contributed by atoms with Crippen LogP contribution in [0.2, 0.25) is 0 Å². The Balaban J connectivity index is 2.13. The number of benzene rings is 3. The van der Waals surface area contributed by atoms with Crippen LogP contribution in [0, 0.1) is 0 Å². The minimum absolute atomic E-state index is 0.00546. The molecule has 0 spiro atoms. The van der Waals surface area contributed by atoms with Gasteiger partial charge in [0.25, 0.3) is 5.91 Å². The molecule has 8 heteroatoms. The summed E-state index contributed by atoms with van der Waals surface area (Å²) in [5, 5.41) is 9.35. The van der Waals surface area contributed by atoms with Gasteiger partial charge in [-0.25, -0.2) is 13.9 Å². The topological polar surface area (TPSA) is 95.9 Å². The highest BCUT2D eigenvalue weighted by molar-refractivity contribution is 7.89. The van der Waals surface area contributed by atoms with E-state index in [1.807, 2.05) is 6.07 Å². The first kappa shape index (κ1) is 21.5.